The third kappa shape index (κ3) is 5.08. The van der Waals surface area contributed by atoms with Crippen LogP contribution in [0.4, 0.5) is 5.82 Å². The van der Waals surface area contributed by atoms with Crippen molar-refractivity contribution in [1.82, 2.24) is 14.8 Å². The number of hydrogen-bond donors (Lipinski definition) is 1. The number of amides is 1. The number of nitrogens with one attached hydrogen (secondary N) is 1. The molecule has 0 unspecified atom stereocenters. The van der Waals surface area contributed by atoms with Crippen molar-refractivity contribution in [2.24, 2.45) is 0 Å². The Morgan fingerprint density at radius 1 is 1.09 bits per heavy atom. The fraction of sp³-hybridized carbons (Fsp3) is 0.130. The van der Waals surface area contributed by atoms with Crippen molar-refractivity contribution < 1.29 is 19.1 Å². The number of fused-ring (bicyclic) bond motifs is 1. The Kier molecular flexibility index (Phi) is 6.76. The minimum Gasteiger partial charge on any atom is -0.482 e. The van der Waals surface area contributed by atoms with Gasteiger partial charge in [-0.05, 0) is 37.3 Å². The van der Waals surface area contributed by atoms with Crippen molar-refractivity contribution in [1.29, 1.82) is 0 Å². The van der Waals surface area contributed by atoms with Gasteiger partial charge in [-0.15, -0.1) is 0 Å². The van der Waals surface area contributed by atoms with Crippen LogP contribution in [0, 0.1) is 0 Å². The maximum atomic E-state index is 12.7. The molecule has 2 heterocycles. The SMILES string of the molecule is CCOC(=O)c1cnn(-c2ccc3ccccc3n2)c1NC(=O)COc1cc(Cl)ccc1Cl. The van der Waals surface area contributed by atoms with E-state index in [0.717, 1.165) is 10.9 Å². The molecule has 1 N–H and O–H groups in total. The van der Waals surface area contributed by atoms with E-state index in [4.69, 9.17) is 32.7 Å². The van der Waals surface area contributed by atoms with E-state index >= 15 is 0 Å². The molecule has 10 heteroatoms. The van der Waals surface area contributed by atoms with Gasteiger partial charge in [0.05, 0.1) is 23.3 Å². The molecule has 8 nitrogen and oxygen atoms in total. The Bertz CT molecular complexity index is 1340. The predicted octanol–water partition coefficient (Wildman–Crippen LogP) is 4.92. The highest BCUT2D eigenvalue weighted by molar-refractivity contribution is 6.34. The first kappa shape index (κ1) is 22.6. The first-order valence-corrected chi connectivity index (χ1v) is 10.7. The molecule has 0 aliphatic heterocycles. The second-order valence-corrected chi connectivity index (χ2v) is 7.66. The number of nitrogens with zero attached hydrogens (tertiary/aromatic N) is 3. The maximum absolute atomic E-state index is 12.7. The van der Waals surface area contributed by atoms with Gasteiger partial charge in [0.1, 0.15) is 11.3 Å². The van der Waals surface area contributed by atoms with Crippen molar-refractivity contribution in [3.8, 4) is 11.6 Å². The third-order valence-corrected chi connectivity index (χ3v) is 5.12. The summed E-state index contributed by atoms with van der Waals surface area (Å²) >= 11 is 12.0. The van der Waals surface area contributed by atoms with Crippen LogP contribution in [0.1, 0.15) is 17.3 Å². The molecule has 168 valence electrons. The normalized spacial score (nSPS) is 10.8. The van der Waals surface area contributed by atoms with E-state index < -0.39 is 11.9 Å². The lowest BCUT2D eigenvalue weighted by atomic mass is 10.2. The Morgan fingerprint density at radius 2 is 1.91 bits per heavy atom. The minimum absolute atomic E-state index is 0.0842. The number of carbonyl (C=O) groups is 2. The van der Waals surface area contributed by atoms with Crippen LogP contribution in [0.15, 0.2) is 60.8 Å². The predicted molar refractivity (Wildman–Crippen MR) is 125 cm³/mol. The maximum Gasteiger partial charge on any atom is 0.343 e. The number of esters is 1. The molecule has 0 spiro atoms. The van der Waals surface area contributed by atoms with E-state index in [9.17, 15) is 9.59 Å². The largest absolute Gasteiger partial charge is 0.482 e. The average molecular weight is 485 g/mol. The summed E-state index contributed by atoms with van der Waals surface area (Å²) in [6.07, 6.45) is 1.32. The summed E-state index contributed by atoms with van der Waals surface area (Å²) in [6, 6.07) is 15.9. The molecule has 4 rings (SSSR count). The van der Waals surface area contributed by atoms with Gasteiger partial charge in [0, 0.05) is 16.5 Å². The highest BCUT2D eigenvalue weighted by atomic mass is 35.5. The number of pyridine rings is 1. The summed E-state index contributed by atoms with van der Waals surface area (Å²) in [7, 11) is 0. The Labute approximate surface area is 199 Å². The molecule has 0 bridgehead atoms. The number of halogens is 2. The number of aromatic nitrogens is 3. The van der Waals surface area contributed by atoms with E-state index in [1.807, 2.05) is 30.3 Å². The lowest BCUT2D eigenvalue weighted by Crippen LogP contribution is -2.23. The molecule has 0 saturated carbocycles. The summed E-state index contributed by atoms with van der Waals surface area (Å²) in [5.74, 6) is -0.382. The van der Waals surface area contributed by atoms with Gasteiger partial charge in [-0.25, -0.2) is 9.78 Å². The number of carbonyl (C=O) groups excluding carboxylic acids is 2. The first-order valence-electron chi connectivity index (χ1n) is 9.95. The molecule has 0 aliphatic carbocycles. The lowest BCUT2D eigenvalue weighted by Gasteiger charge is -2.12. The summed E-state index contributed by atoms with van der Waals surface area (Å²) < 4.78 is 12.0. The zero-order valence-electron chi connectivity index (χ0n) is 17.4. The van der Waals surface area contributed by atoms with Crippen molar-refractivity contribution in [2.75, 3.05) is 18.5 Å². The molecule has 0 aliphatic rings. The van der Waals surface area contributed by atoms with E-state index in [0.29, 0.717) is 15.9 Å². The van der Waals surface area contributed by atoms with Crippen LogP contribution in [-0.4, -0.2) is 39.9 Å². The smallest absolute Gasteiger partial charge is 0.343 e. The van der Waals surface area contributed by atoms with E-state index in [1.54, 1.807) is 25.1 Å². The number of para-hydroxylation sites is 1. The van der Waals surface area contributed by atoms with E-state index in [-0.39, 0.29) is 30.3 Å². The number of rotatable bonds is 7. The molecule has 0 radical (unpaired) electrons. The zero-order chi connectivity index (χ0) is 23.4. The minimum atomic E-state index is -0.626. The van der Waals surface area contributed by atoms with Gasteiger partial charge in [-0.1, -0.05) is 41.4 Å². The van der Waals surface area contributed by atoms with Crippen LogP contribution in [-0.2, 0) is 9.53 Å². The van der Waals surface area contributed by atoms with Gasteiger partial charge in [0.15, 0.2) is 18.2 Å². The summed E-state index contributed by atoms with van der Waals surface area (Å²) in [5, 5.41) is 8.59. The second-order valence-electron chi connectivity index (χ2n) is 6.81. The molecule has 2 aromatic carbocycles. The molecule has 1 amide bonds. The third-order valence-electron chi connectivity index (χ3n) is 4.58. The monoisotopic (exact) mass is 484 g/mol. The highest BCUT2D eigenvalue weighted by Gasteiger charge is 2.22. The van der Waals surface area contributed by atoms with Gasteiger partial charge in [-0.2, -0.15) is 9.78 Å². The molecule has 2 aromatic heterocycles. The molecular formula is C23H18Cl2N4O4. The molecule has 0 atom stereocenters. The topological polar surface area (TPSA) is 95.3 Å². The number of anilines is 1. The molecule has 4 aromatic rings. The van der Waals surface area contributed by atoms with Crippen molar-refractivity contribution >= 4 is 51.8 Å². The fourth-order valence-corrected chi connectivity index (χ4v) is 3.41. The zero-order valence-corrected chi connectivity index (χ0v) is 18.9. The standard InChI is InChI=1S/C23H18Cl2N4O4/c1-2-32-23(31)16-12-26-29(20-10-7-14-5-3-4-6-18(14)27-20)22(16)28-21(30)13-33-19-11-15(24)8-9-17(19)25/h3-12H,2,13H2,1H3,(H,28,30). The molecule has 0 saturated heterocycles. The molecule has 0 fully saturated rings. The van der Waals surface area contributed by atoms with E-state index in [1.165, 1.54) is 16.9 Å². The van der Waals surface area contributed by atoms with Gasteiger partial charge >= 0.3 is 5.97 Å². The lowest BCUT2D eigenvalue weighted by molar-refractivity contribution is -0.118. The number of benzene rings is 2. The molecular weight excluding hydrogens is 467 g/mol. The quantitative estimate of drug-likeness (QED) is 0.374. The average Bonchev–Trinajstić information content (AvgIpc) is 3.23. The Hall–Kier alpha value is -3.62. The van der Waals surface area contributed by atoms with Crippen molar-refractivity contribution in [2.45, 2.75) is 6.92 Å². The van der Waals surface area contributed by atoms with Crippen LogP contribution in [0.3, 0.4) is 0 Å². The Morgan fingerprint density at radius 3 is 2.73 bits per heavy atom. The van der Waals surface area contributed by atoms with Crippen molar-refractivity contribution in [3.63, 3.8) is 0 Å². The summed E-state index contributed by atoms with van der Waals surface area (Å²) in [5.41, 5.74) is 0.820. The van der Waals surface area contributed by atoms with Crippen molar-refractivity contribution in [3.05, 3.63) is 76.4 Å². The van der Waals surface area contributed by atoms with E-state index in [2.05, 4.69) is 15.4 Å². The van der Waals surface area contributed by atoms with Gasteiger partial charge in [0.25, 0.3) is 5.91 Å². The van der Waals surface area contributed by atoms with Gasteiger partial charge in [-0.3, -0.25) is 4.79 Å². The van der Waals surface area contributed by atoms with Crippen LogP contribution >= 0.6 is 23.2 Å². The first-order chi connectivity index (χ1) is 16.0. The second kappa shape index (κ2) is 9.89. The molecule has 33 heavy (non-hydrogen) atoms. The fourth-order valence-electron chi connectivity index (χ4n) is 3.07. The van der Waals surface area contributed by atoms with Crippen LogP contribution in [0.2, 0.25) is 10.0 Å². The van der Waals surface area contributed by atoms with Crippen LogP contribution in [0.25, 0.3) is 16.7 Å². The van der Waals surface area contributed by atoms with Crippen LogP contribution in [0.5, 0.6) is 5.75 Å². The summed E-state index contributed by atoms with van der Waals surface area (Å²) in [4.78, 5) is 29.7. The summed E-state index contributed by atoms with van der Waals surface area (Å²) in [6.45, 7) is 1.48. The Balaban J connectivity index is 1.63. The van der Waals surface area contributed by atoms with Gasteiger partial charge in [0.2, 0.25) is 0 Å². The van der Waals surface area contributed by atoms with Crippen LogP contribution < -0.4 is 10.1 Å². The van der Waals surface area contributed by atoms with Gasteiger partial charge < -0.3 is 14.8 Å². The number of ether oxygens (including phenoxy) is 2. The highest BCUT2D eigenvalue weighted by Crippen LogP contribution is 2.28. The number of hydrogen-bond acceptors (Lipinski definition) is 6.